The topological polar surface area (TPSA) is 17.3 Å². The van der Waals surface area contributed by atoms with E-state index in [-0.39, 0.29) is 32.7 Å². The molecule has 0 spiro atoms. The molecule has 0 N–H and O–H groups in total. The van der Waals surface area contributed by atoms with Gasteiger partial charge >= 0.3 is 0 Å². The molecule has 0 aliphatic carbocycles. The van der Waals surface area contributed by atoms with E-state index in [1.807, 2.05) is 41.5 Å². The fraction of sp³-hybridized carbons (Fsp3) is 0.556. The van der Waals surface area contributed by atoms with E-state index in [0.29, 0.717) is 6.04 Å². The first-order chi connectivity index (χ1) is 14.3. The molecular weight excluding hydrogens is 441 g/mol. The normalized spacial score (nSPS) is 16.0. The van der Waals surface area contributed by atoms with E-state index in [2.05, 4.69) is 54.3 Å². The smallest absolute Gasteiger partial charge is 0.0449 e. The van der Waals surface area contributed by atoms with E-state index in [9.17, 15) is 0 Å². The van der Waals surface area contributed by atoms with Crippen LogP contribution in [-0.2, 0) is 39.1 Å². The number of hydrogen-bond donors (Lipinski definition) is 0. The van der Waals surface area contributed by atoms with Crippen molar-refractivity contribution < 1.29 is 32.7 Å². The largest absolute Gasteiger partial charge is 0.659 e. The summed E-state index contributed by atoms with van der Waals surface area (Å²) < 4.78 is 0. The van der Waals surface area contributed by atoms with Gasteiger partial charge in [-0.15, -0.1) is 12.6 Å². The van der Waals surface area contributed by atoms with Gasteiger partial charge in [-0.25, -0.2) is 0 Å². The third-order valence-electron chi connectivity index (χ3n) is 5.21. The van der Waals surface area contributed by atoms with Gasteiger partial charge < -0.3 is 10.2 Å². The van der Waals surface area contributed by atoms with E-state index < -0.39 is 0 Å². The minimum Gasteiger partial charge on any atom is -0.659 e. The van der Waals surface area contributed by atoms with E-state index >= 15 is 0 Å². The number of rotatable bonds is 3. The van der Waals surface area contributed by atoms with Gasteiger partial charge in [0.05, 0.1) is 0 Å². The summed E-state index contributed by atoms with van der Waals surface area (Å²) in [7, 11) is 0. The molecule has 2 aliphatic heterocycles. The minimum atomic E-state index is 0. The van der Waals surface area contributed by atoms with Crippen molar-refractivity contribution in [2.45, 2.75) is 86.6 Å². The summed E-state index contributed by atoms with van der Waals surface area (Å²) in [6, 6.07) is 16.3. The third-order valence-corrected chi connectivity index (χ3v) is 5.21. The van der Waals surface area contributed by atoms with Crippen LogP contribution < -0.4 is 4.90 Å². The molecule has 1 radical (unpaired) electrons. The summed E-state index contributed by atoms with van der Waals surface area (Å²) in [5, 5.41) is 4.82. The number of aryl methyl sites for hydroxylation is 1. The molecular formula is C27H43N2Y-. The molecule has 2 aromatic carbocycles. The number of para-hydroxylation sites is 1. The second-order valence-electron chi connectivity index (χ2n) is 6.93. The molecule has 1 saturated heterocycles. The van der Waals surface area contributed by atoms with Crippen molar-refractivity contribution in [1.82, 2.24) is 0 Å². The number of benzene rings is 2. The second kappa shape index (κ2) is 16.9. The van der Waals surface area contributed by atoms with Crippen LogP contribution in [0.15, 0.2) is 42.5 Å². The van der Waals surface area contributed by atoms with Crippen LogP contribution in [0.25, 0.3) is 5.32 Å². The van der Waals surface area contributed by atoms with Crippen LogP contribution in [0, 0.1) is 6.92 Å². The Morgan fingerprint density at radius 1 is 0.867 bits per heavy atom. The molecule has 1 unspecified atom stereocenters. The van der Waals surface area contributed by atoms with Gasteiger partial charge in [0.15, 0.2) is 0 Å². The molecule has 2 nitrogen and oxygen atoms in total. The molecule has 30 heavy (non-hydrogen) atoms. The zero-order chi connectivity index (χ0) is 21.6. The van der Waals surface area contributed by atoms with Crippen LogP contribution in [0.4, 0.5) is 11.4 Å². The van der Waals surface area contributed by atoms with Crippen molar-refractivity contribution in [3.05, 3.63) is 64.5 Å². The number of anilines is 2. The maximum absolute atomic E-state index is 4.82. The monoisotopic (exact) mass is 484 g/mol. The average molecular weight is 485 g/mol. The van der Waals surface area contributed by atoms with Crippen molar-refractivity contribution in [2.75, 3.05) is 18.0 Å². The van der Waals surface area contributed by atoms with Crippen LogP contribution in [0.5, 0.6) is 0 Å². The van der Waals surface area contributed by atoms with Gasteiger partial charge in [-0.1, -0.05) is 97.6 Å². The molecule has 2 aromatic rings. The summed E-state index contributed by atoms with van der Waals surface area (Å²) in [5.74, 6) is 0. The van der Waals surface area contributed by atoms with Gasteiger partial charge in [-0.2, -0.15) is 0 Å². The van der Waals surface area contributed by atoms with Crippen molar-refractivity contribution in [2.24, 2.45) is 0 Å². The van der Waals surface area contributed by atoms with Crippen molar-refractivity contribution in [3.63, 3.8) is 0 Å². The van der Waals surface area contributed by atoms with Crippen molar-refractivity contribution >= 4 is 11.4 Å². The first-order valence-corrected chi connectivity index (χ1v) is 11.9. The quantitative estimate of drug-likeness (QED) is 0.427. The Morgan fingerprint density at radius 3 is 2.20 bits per heavy atom. The van der Waals surface area contributed by atoms with Crippen LogP contribution in [0.1, 0.15) is 83.9 Å². The van der Waals surface area contributed by atoms with Crippen molar-refractivity contribution in [1.29, 1.82) is 0 Å². The van der Waals surface area contributed by atoms with E-state index in [4.69, 9.17) is 5.32 Å². The Hall–Kier alpha value is -0.696. The second-order valence-corrected chi connectivity index (χ2v) is 6.93. The predicted molar refractivity (Wildman–Crippen MR) is 132 cm³/mol. The van der Waals surface area contributed by atoms with Crippen LogP contribution in [-0.4, -0.2) is 19.1 Å². The Bertz CT molecular complexity index is 693. The molecule has 0 saturated carbocycles. The molecule has 0 bridgehead atoms. The number of hydrogen-bond acceptors (Lipinski definition) is 1. The Morgan fingerprint density at radius 2 is 1.53 bits per heavy atom. The molecule has 0 aromatic heterocycles. The zero-order valence-corrected chi connectivity index (χ0v) is 23.4. The van der Waals surface area contributed by atoms with Crippen LogP contribution in [0.2, 0.25) is 0 Å². The van der Waals surface area contributed by atoms with Gasteiger partial charge in [0.1, 0.15) is 0 Å². The predicted octanol–water partition coefficient (Wildman–Crippen LogP) is 8.43. The Balaban J connectivity index is 0.00000111. The molecule has 3 heteroatoms. The van der Waals surface area contributed by atoms with E-state index in [1.165, 1.54) is 53.7 Å². The van der Waals surface area contributed by atoms with Crippen LogP contribution in [0.3, 0.4) is 0 Å². The summed E-state index contributed by atoms with van der Waals surface area (Å²) in [6.07, 6.45) is 6.12. The van der Waals surface area contributed by atoms with Gasteiger partial charge in [0.2, 0.25) is 0 Å². The maximum Gasteiger partial charge on any atom is 0.0449 e. The summed E-state index contributed by atoms with van der Waals surface area (Å²) in [5.41, 5.74) is 7.04. The molecule has 0 amide bonds. The number of fused-ring (bicyclic) bond motifs is 2. The van der Waals surface area contributed by atoms with Gasteiger partial charge in [0, 0.05) is 57.0 Å². The van der Waals surface area contributed by atoms with Gasteiger partial charge in [-0.3, -0.25) is 0 Å². The molecule has 2 heterocycles. The van der Waals surface area contributed by atoms with E-state index in [1.54, 1.807) is 0 Å². The Kier molecular flexibility index (Phi) is 16.5. The Labute approximate surface area is 212 Å². The number of piperidine rings is 1. The van der Waals surface area contributed by atoms with Gasteiger partial charge in [0.25, 0.3) is 0 Å². The molecule has 1 fully saturated rings. The van der Waals surface area contributed by atoms with E-state index in [0.717, 1.165) is 19.5 Å². The summed E-state index contributed by atoms with van der Waals surface area (Å²) in [6.45, 7) is 16.3. The first kappa shape index (κ1) is 29.3. The van der Waals surface area contributed by atoms with Gasteiger partial charge in [-0.05, 0) is 35.7 Å². The summed E-state index contributed by atoms with van der Waals surface area (Å²) in [4.78, 5) is 2.53. The standard InChI is InChI=1S/C21H25N2.3C2H6.Y/c1-16-9-10-18-15-17-6-2-3-8-20(17)23(21(18)14-16)13-11-19-7-4-5-12-22-19;3*1-2;/h2-3,6,8-10,14,19H,4-5,7,11-13,15H2,1H3;3*1-2H3;/q-1;;;;. The molecule has 4 rings (SSSR count). The fourth-order valence-electron chi connectivity index (χ4n) is 3.94. The molecule has 2 aliphatic rings. The molecule has 1 atom stereocenters. The third kappa shape index (κ3) is 8.10. The minimum absolute atomic E-state index is 0. The van der Waals surface area contributed by atoms with Crippen LogP contribution >= 0.6 is 0 Å². The molecule has 165 valence electrons. The van der Waals surface area contributed by atoms with Crippen molar-refractivity contribution in [3.8, 4) is 0 Å². The average Bonchev–Trinajstić information content (AvgIpc) is 2.81. The maximum atomic E-state index is 4.82. The number of nitrogens with zero attached hydrogens (tertiary/aromatic N) is 2. The fourth-order valence-corrected chi connectivity index (χ4v) is 3.94. The summed E-state index contributed by atoms with van der Waals surface area (Å²) >= 11 is 0. The first-order valence-electron chi connectivity index (χ1n) is 11.9. The SMILES string of the molecule is CC.CC.CC.Cc1ccc2c(c1)N(CCC1CCCC[N-]1)c1ccccc1C2.[Y]. The zero-order valence-electron chi connectivity index (χ0n) is 20.5.